The maximum atomic E-state index is 11.9. The fourth-order valence-corrected chi connectivity index (χ4v) is 1.87. The number of rotatable bonds is 5. The fourth-order valence-electron chi connectivity index (χ4n) is 1.87. The molecule has 4 heteroatoms. The summed E-state index contributed by atoms with van der Waals surface area (Å²) in [6.45, 7) is 4.98. The molecular formula is C14H23ClN2O. The Bertz CT molecular complexity index is 373. The molecule has 0 aliphatic carbocycles. The molecule has 0 aromatic heterocycles. The van der Waals surface area contributed by atoms with E-state index in [4.69, 9.17) is 0 Å². The molecule has 0 heterocycles. The molecular weight excluding hydrogens is 248 g/mol. The van der Waals surface area contributed by atoms with Gasteiger partial charge in [-0.25, -0.2) is 0 Å². The van der Waals surface area contributed by atoms with Crippen LogP contribution >= 0.6 is 12.4 Å². The summed E-state index contributed by atoms with van der Waals surface area (Å²) in [6, 6.07) is 6.20. The highest BCUT2D eigenvalue weighted by molar-refractivity contribution is 5.92. The summed E-state index contributed by atoms with van der Waals surface area (Å²) >= 11 is 0. The van der Waals surface area contributed by atoms with Gasteiger partial charge in [-0.15, -0.1) is 12.4 Å². The number of halogens is 1. The number of hydrogen-bond donors (Lipinski definition) is 1. The van der Waals surface area contributed by atoms with Crippen LogP contribution in [0.2, 0.25) is 0 Å². The van der Waals surface area contributed by atoms with E-state index >= 15 is 0 Å². The van der Waals surface area contributed by atoms with Crippen LogP contribution < -0.4 is 10.2 Å². The van der Waals surface area contributed by atoms with Crippen molar-refractivity contribution in [2.75, 3.05) is 25.5 Å². The van der Waals surface area contributed by atoms with Crippen LogP contribution in [0.1, 0.15) is 24.0 Å². The van der Waals surface area contributed by atoms with Gasteiger partial charge in [-0.2, -0.15) is 0 Å². The van der Waals surface area contributed by atoms with Gasteiger partial charge in [-0.05, 0) is 57.1 Å². The molecule has 3 nitrogen and oxygen atoms in total. The van der Waals surface area contributed by atoms with Gasteiger partial charge in [0.25, 0.3) is 0 Å². The van der Waals surface area contributed by atoms with Crippen molar-refractivity contribution in [3.8, 4) is 0 Å². The number of benzene rings is 1. The molecule has 1 N–H and O–H groups in total. The Labute approximate surface area is 116 Å². The second kappa shape index (κ2) is 8.11. The number of aryl methyl sites for hydroxylation is 2. The summed E-state index contributed by atoms with van der Waals surface area (Å²) in [4.78, 5) is 13.7. The van der Waals surface area contributed by atoms with Crippen LogP contribution in [0.25, 0.3) is 0 Å². The fraction of sp³-hybridized carbons (Fsp3) is 0.500. The molecule has 0 bridgehead atoms. The van der Waals surface area contributed by atoms with Crippen LogP contribution in [0.5, 0.6) is 0 Å². The van der Waals surface area contributed by atoms with Gasteiger partial charge >= 0.3 is 0 Å². The zero-order valence-corrected chi connectivity index (χ0v) is 12.4. The summed E-state index contributed by atoms with van der Waals surface area (Å²) in [7, 11) is 3.74. The van der Waals surface area contributed by atoms with Crippen molar-refractivity contribution in [2.24, 2.45) is 0 Å². The van der Waals surface area contributed by atoms with Gasteiger partial charge in [0.15, 0.2) is 0 Å². The van der Waals surface area contributed by atoms with E-state index < -0.39 is 0 Å². The lowest BCUT2D eigenvalue weighted by molar-refractivity contribution is -0.118. The minimum Gasteiger partial charge on any atom is -0.320 e. The molecule has 0 aliphatic heterocycles. The van der Waals surface area contributed by atoms with Crippen LogP contribution in [0, 0.1) is 13.8 Å². The third-order valence-corrected chi connectivity index (χ3v) is 2.79. The second-order valence-corrected chi connectivity index (χ2v) is 4.51. The zero-order chi connectivity index (χ0) is 12.8. The van der Waals surface area contributed by atoms with E-state index in [1.165, 1.54) is 11.1 Å². The third-order valence-electron chi connectivity index (χ3n) is 2.79. The molecule has 1 amide bonds. The van der Waals surface area contributed by atoms with Crippen molar-refractivity contribution in [3.05, 3.63) is 29.3 Å². The first kappa shape index (κ1) is 16.9. The molecule has 0 saturated carbocycles. The molecule has 1 aromatic rings. The number of anilines is 1. The maximum Gasteiger partial charge on any atom is 0.226 e. The Balaban J connectivity index is 0.00000289. The lowest BCUT2D eigenvalue weighted by Gasteiger charge is -2.18. The average Bonchev–Trinajstić information content (AvgIpc) is 2.27. The first-order chi connectivity index (χ1) is 8.04. The first-order valence-corrected chi connectivity index (χ1v) is 6.04. The maximum absolute atomic E-state index is 11.9. The van der Waals surface area contributed by atoms with E-state index in [1.54, 1.807) is 4.90 Å². The van der Waals surface area contributed by atoms with Gasteiger partial charge < -0.3 is 10.2 Å². The van der Waals surface area contributed by atoms with Crippen molar-refractivity contribution in [2.45, 2.75) is 26.7 Å². The van der Waals surface area contributed by atoms with Gasteiger partial charge in [-0.3, -0.25) is 4.79 Å². The third kappa shape index (κ3) is 5.07. The standard InChI is InChI=1S/C14H22N2O.ClH/c1-11-8-12(2)10-13(9-11)16(4)14(17)6-5-7-15-3;/h8-10,15H,5-7H2,1-4H3;1H. The molecule has 0 fully saturated rings. The summed E-state index contributed by atoms with van der Waals surface area (Å²) in [5.74, 6) is 0.172. The SMILES string of the molecule is CNCCCC(=O)N(C)c1cc(C)cc(C)c1.Cl. The highest BCUT2D eigenvalue weighted by Crippen LogP contribution is 2.18. The average molecular weight is 271 g/mol. The first-order valence-electron chi connectivity index (χ1n) is 6.04. The molecule has 0 spiro atoms. The number of nitrogens with one attached hydrogen (secondary N) is 1. The van der Waals surface area contributed by atoms with Crippen molar-refractivity contribution >= 4 is 24.0 Å². The summed E-state index contributed by atoms with van der Waals surface area (Å²) in [5, 5.41) is 3.05. The molecule has 102 valence electrons. The normalized spacial score (nSPS) is 9.78. The quantitative estimate of drug-likeness (QED) is 0.835. The van der Waals surface area contributed by atoms with Crippen LogP contribution in [0.4, 0.5) is 5.69 Å². The Morgan fingerprint density at radius 2 is 1.78 bits per heavy atom. The van der Waals surface area contributed by atoms with E-state index in [0.29, 0.717) is 6.42 Å². The van der Waals surface area contributed by atoms with E-state index in [0.717, 1.165) is 18.7 Å². The van der Waals surface area contributed by atoms with Crippen molar-refractivity contribution in [3.63, 3.8) is 0 Å². The van der Waals surface area contributed by atoms with Crippen LogP contribution in [-0.2, 0) is 4.79 Å². The largest absolute Gasteiger partial charge is 0.320 e. The van der Waals surface area contributed by atoms with Crippen LogP contribution in [-0.4, -0.2) is 26.5 Å². The second-order valence-electron chi connectivity index (χ2n) is 4.51. The minimum atomic E-state index is 0. The van der Waals surface area contributed by atoms with Crippen molar-refractivity contribution < 1.29 is 4.79 Å². The topological polar surface area (TPSA) is 32.3 Å². The van der Waals surface area contributed by atoms with Gasteiger partial charge in [-0.1, -0.05) is 6.07 Å². The summed E-state index contributed by atoms with van der Waals surface area (Å²) in [5.41, 5.74) is 3.36. The lowest BCUT2D eigenvalue weighted by Crippen LogP contribution is -2.26. The molecule has 1 rings (SSSR count). The van der Waals surface area contributed by atoms with Gasteiger partial charge in [0.2, 0.25) is 5.91 Å². The van der Waals surface area contributed by atoms with E-state index in [1.807, 2.05) is 26.2 Å². The van der Waals surface area contributed by atoms with Gasteiger partial charge in [0.1, 0.15) is 0 Å². The minimum absolute atomic E-state index is 0. The molecule has 0 radical (unpaired) electrons. The summed E-state index contributed by atoms with van der Waals surface area (Å²) < 4.78 is 0. The number of hydrogen-bond acceptors (Lipinski definition) is 2. The Kier molecular flexibility index (Phi) is 7.64. The molecule has 18 heavy (non-hydrogen) atoms. The molecule has 1 aromatic carbocycles. The number of carbonyl (C=O) groups is 1. The summed E-state index contributed by atoms with van der Waals surface area (Å²) in [6.07, 6.45) is 1.47. The highest BCUT2D eigenvalue weighted by atomic mass is 35.5. The highest BCUT2D eigenvalue weighted by Gasteiger charge is 2.10. The molecule has 0 unspecified atom stereocenters. The number of amides is 1. The van der Waals surface area contributed by atoms with E-state index in [-0.39, 0.29) is 18.3 Å². The van der Waals surface area contributed by atoms with Crippen molar-refractivity contribution in [1.82, 2.24) is 5.32 Å². The zero-order valence-electron chi connectivity index (χ0n) is 11.6. The predicted molar refractivity (Wildman–Crippen MR) is 79.7 cm³/mol. The smallest absolute Gasteiger partial charge is 0.226 e. The van der Waals surface area contributed by atoms with Crippen LogP contribution in [0.15, 0.2) is 18.2 Å². The Morgan fingerprint density at radius 1 is 1.22 bits per heavy atom. The number of carbonyl (C=O) groups excluding carboxylic acids is 1. The molecule has 0 atom stereocenters. The van der Waals surface area contributed by atoms with Crippen molar-refractivity contribution in [1.29, 1.82) is 0 Å². The van der Waals surface area contributed by atoms with E-state index in [2.05, 4.69) is 25.2 Å². The van der Waals surface area contributed by atoms with Crippen LogP contribution in [0.3, 0.4) is 0 Å². The Hall–Kier alpha value is -1.06. The number of nitrogens with zero attached hydrogens (tertiary/aromatic N) is 1. The molecule has 0 aliphatic rings. The van der Waals surface area contributed by atoms with Gasteiger partial charge in [0.05, 0.1) is 0 Å². The molecule has 0 saturated heterocycles. The monoisotopic (exact) mass is 270 g/mol. The van der Waals surface area contributed by atoms with Gasteiger partial charge in [0, 0.05) is 19.2 Å². The van der Waals surface area contributed by atoms with E-state index in [9.17, 15) is 4.79 Å². The predicted octanol–water partition coefficient (Wildman–Crippen LogP) is 2.69. The Morgan fingerprint density at radius 3 is 2.28 bits per heavy atom. The lowest BCUT2D eigenvalue weighted by atomic mass is 10.1.